The van der Waals surface area contributed by atoms with Gasteiger partial charge in [-0.15, -0.1) is 0 Å². The summed E-state index contributed by atoms with van der Waals surface area (Å²) in [6, 6.07) is 7.27. The second kappa shape index (κ2) is 8.76. The lowest BCUT2D eigenvalue weighted by Gasteiger charge is -2.22. The van der Waals surface area contributed by atoms with Crippen LogP contribution in [0.4, 0.5) is 0 Å². The van der Waals surface area contributed by atoms with Crippen LogP contribution in [0.25, 0.3) is 0 Å². The number of hydrogen-bond acceptors (Lipinski definition) is 6. The maximum absolute atomic E-state index is 9.91. The van der Waals surface area contributed by atoms with Gasteiger partial charge in [-0.05, 0) is 19.2 Å². The molecule has 0 bridgehead atoms. The van der Waals surface area contributed by atoms with Crippen LogP contribution in [0.1, 0.15) is 0 Å². The fraction of sp³-hybridized carbons (Fsp3) is 0.571. The second-order valence-electron chi connectivity index (χ2n) is 4.73. The van der Waals surface area contributed by atoms with Gasteiger partial charge >= 0.3 is 0 Å². The summed E-state index contributed by atoms with van der Waals surface area (Å²) in [4.78, 5) is 1.81. The van der Waals surface area contributed by atoms with Gasteiger partial charge in [0.15, 0.2) is 11.5 Å². The van der Waals surface area contributed by atoms with Gasteiger partial charge in [0.25, 0.3) is 0 Å². The van der Waals surface area contributed by atoms with E-state index in [4.69, 9.17) is 15.2 Å². The molecule has 4 N–H and O–H groups in total. The Bertz CT molecular complexity index is 389. The number of nitrogens with two attached hydrogens (primary N) is 1. The molecule has 114 valence electrons. The topological polar surface area (TPSA) is 88.2 Å². The summed E-state index contributed by atoms with van der Waals surface area (Å²) in [6.07, 6.45) is -1.24. The van der Waals surface area contributed by atoms with E-state index < -0.39 is 12.2 Å². The first-order chi connectivity index (χ1) is 9.56. The number of hydrogen-bond donors (Lipinski definition) is 3. The van der Waals surface area contributed by atoms with E-state index in [-0.39, 0.29) is 13.2 Å². The van der Waals surface area contributed by atoms with Crippen molar-refractivity contribution < 1.29 is 19.7 Å². The standard InChI is InChI=1S/C14H24N2O4/c1-16(8-11(17)7-15)9-12(18)10-20-14-6-4-3-5-13(14)19-2/h3-6,11-12,17-18H,7-10,15H2,1-2H3. The molecule has 0 aromatic heterocycles. The molecule has 1 aromatic rings. The average Bonchev–Trinajstić information content (AvgIpc) is 2.45. The third-order valence-corrected chi connectivity index (χ3v) is 2.82. The number of ether oxygens (including phenoxy) is 2. The van der Waals surface area contributed by atoms with Crippen molar-refractivity contribution in [3.05, 3.63) is 24.3 Å². The van der Waals surface area contributed by atoms with E-state index in [1.54, 1.807) is 19.2 Å². The van der Waals surface area contributed by atoms with Crippen molar-refractivity contribution in [2.75, 3.05) is 40.4 Å². The van der Waals surface area contributed by atoms with E-state index in [0.717, 1.165) is 0 Å². The molecule has 0 aliphatic heterocycles. The van der Waals surface area contributed by atoms with E-state index in [0.29, 0.717) is 24.6 Å². The molecular weight excluding hydrogens is 260 g/mol. The van der Waals surface area contributed by atoms with Crippen molar-refractivity contribution >= 4 is 0 Å². The largest absolute Gasteiger partial charge is 0.493 e. The van der Waals surface area contributed by atoms with Crippen molar-refractivity contribution in [2.45, 2.75) is 12.2 Å². The van der Waals surface area contributed by atoms with Gasteiger partial charge in [0.05, 0.1) is 13.2 Å². The lowest BCUT2D eigenvalue weighted by molar-refractivity contribution is 0.0572. The SMILES string of the molecule is COc1ccccc1OCC(O)CN(C)CC(O)CN. The molecule has 0 fully saturated rings. The minimum atomic E-state index is -0.658. The summed E-state index contributed by atoms with van der Waals surface area (Å²) in [6.45, 7) is 1.18. The third kappa shape index (κ3) is 5.75. The number of nitrogens with zero attached hydrogens (tertiary/aromatic N) is 1. The zero-order valence-corrected chi connectivity index (χ0v) is 12.0. The number of para-hydroxylation sites is 2. The summed E-state index contributed by atoms with van der Waals surface area (Å²) in [7, 11) is 3.38. The Labute approximate surface area is 119 Å². The molecule has 0 saturated heterocycles. The van der Waals surface area contributed by atoms with Crippen molar-refractivity contribution in [2.24, 2.45) is 5.73 Å². The molecule has 0 saturated carbocycles. The molecule has 20 heavy (non-hydrogen) atoms. The van der Waals surface area contributed by atoms with Gasteiger partial charge in [0.1, 0.15) is 12.7 Å². The second-order valence-corrected chi connectivity index (χ2v) is 4.73. The van der Waals surface area contributed by atoms with Gasteiger partial charge in [-0.25, -0.2) is 0 Å². The predicted octanol–water partition coefficient (Wildman–Crippen LogP) is -0.314. The normalized spacial score (nSPS) is 14.1. The van der Waals surface area contributed by atoms with Gasteiger partial charge < -0.3 is 30.3 Å². The molecule has 6 heteroatoms. The van der Waals surface area contributed by atoms with Crippen LogP contribution in [0.2, 0.25) is 0 Å². The number of aliphatic hydroxyl groups is 2. The highest BCUT2D eigenvalue weighted by molar-refractivity contribution is 5.39. The van der Waals surface area contributed by atoms with E-state index >= 15 is 0 Å². The maximum Gasteiger partial charge on any atom is 0.161 e. The van der Waals surface area contributed by atoms with Gasteiger partial charge in [0.2, 0.25) is 0 Å². The van der Waals surface area contributed by atoms with E-state index in [1.807, 2.05) is 24.1 Å². The molecule has 1 rings (SSSR count). The lowest BCUT2D eigenvalue weighted by atomic mass is 10.3. The summed E-state index contributed by atoms with van der Waals surface area (Å²) >= 11 is 0. The van der Waals surface area contributed by atoms with Crippen LogP contribution in [0.15, 0.2) is 24.3 Å². The highest BCUT2D eigenvalue weighted by Gasteiger charge is 2.13. The van der Waals surface area contributed by atoms with E-state index in [1.165, 1.54) is 0 Å². The fourth-order valence-electron chi connectivity index (χ4n) is 1.85. The monoisotopic (exact) mass is 284 g/mol. The van der Waals surface area contributed by atoms with Crippen LogP contribution < -0.4 is 15.2 Å². The highest BCUT2D eigenvalue weighted by atomic mass is 16.5. The zero-order valence-electron chi connectivity index (χ0n) is 12.0. The molecule has 0 aliphatic rings. The smallest absolute Gasteiger partial charge is 0.161 e. The van der Waals surface area contributed by atoms with E-state index in [9.17, 15) is 10.2 Å². The third-order valence-electron chi connectivity index (χ3n) is 2.82. The number of likely N-dealkylation sites (N-methyl/N-ethyl adjacent to an activating group) is 1. The first kappa shape index (κ1) is 16.7. The Hall–Kier alpha value is -1.34. The Kier molecular flexibility index (Phi) is 7.32. The number of rotatable bonds is 9. The molecule has 6 nitrogen and oxygen atoms in total. The van der Waals surface area contributed by atoms with Crippen LogP contribution in [0.3, 0.4) is 0 Å². The van der Waals surface area contributed by atoms with Crippen molar-refractivity contribution in [1.29, 1.82) is 0 Å². The summed E-state index contributed by atoms with van der Waals surface area (Å²) in [5.74, 6) is 1.23. The van der Waals surface area contributed by atoms with Crippen molar-refractivity contribution in [3.63, 3.8) is 0 Å². The van der Waals surface area contributed by atoms with Gasteiger partial charge in [-0.3, -0.25) is 0 Å². The molecule has 0 spiro atoms. The molecule has 0 radical (unpaired) electrons. The predicted molar refractivity (Wildman–Crippen MR) is 77.1 cm³/mol. The maximum atomic E-state index is 9.91. The minimum absolute atomic E-state index is 0.156. The Morgan fingerprint density at radius 2 is 1.75 bits per heavy atom. The molecule has 1 aromatic carbocycles. The quantitative estimate of drug-likeness (QED) is 0.576. The molecule has 0 heterocycles. The fourth-order valence-corrected chi connectivity index (χ4v) is 1.85. The number of aliphatic hydroxyl groups excluding tert-OH is 2. The molecular formula is C14H24N2O4. The Balaban J connectivity index is 2.37. The van der Waals surface area contributed by atoms with Crippen molar-refractivity contribution in [3.8, 4) is 11.5 Å². The van der Waals surface area contributed by atoms with E-state index in [2.05, 4.69) is 0 Å². The van der Waals surface area contributed by atoms with Crippen LogP contribution in [-0.4, -0.2) is 67.7 Å². The summed E-state index contributed by atoms with van der Waals surface area (Å²) in [5.41, 5.74) is 5.34. The first-order valence-electron chi connectivity index (χ1n) is 6.57. The van der Waals surface area contributed by atoms with Crippen LogP contribution >= 0.6 is 0 Å². The van der Waals surface area contributed by atoms with Crippen LogP contribution in [-0.2, 0) is 0 Å². The number of benzene rings is 1. The molecule has 0 amide bonds. The van der Waals surface area contributed by atoms with Gasteiger partial charge in [-0.2, -0.15) is 0 Å². The Morgan fingerprint density at radius 3 is 2.35 bits per heavy atom. The van der Waals surface area contributed by atoms with Gasteiger partial charge in [-0.1, -0.05) is 12.1 Å². The Morgan fingerprint density at radius 1 is 1.15 bits per heavy atom. The van der Waals surface area contributed by atoms with Crippen LogP contribution in [0.5, 0.6) is 11.5 Å². The molecule has 2 unspecified atom stereocenters. The van der Waals surface area contributed by atoms with Crippen LogP contribution in [0, 0.1) is 0 Å². The molecule has 0 aliphatic carbocycles. The van der Waals surface area contributed by atoms with Crippen molar-refractivity contribution in [1.82, 2.24) is 4.90 Å². The lowest BCUT2D eigenvalue weighted by Crippen LogP contribution is -2.39. The summed E-state index contributed by atoms with van der Waals surface area (Å²) < 4.78 is 10.7. The number of methoxy groups -OCH3 is 1. The minimum Gasteiger partial charge on any atom is -0.493 e. The average molecular weight is 284 g/mol. The van der Waals surface area contributed by atoms with Gasteiger partial charge in [0, 0.05) is 19.6 Å². The first-order valence-corrected chi connectivity index (χ1v) is 6.57. The molecule has 2 atom stereocenters. The summed E-state index contributed by atoms with van der Waals surface area (Å²) in [5, 5.41) is 19.3. The highest BCUT2D eigenvalue weighted by Crippen LogP contribution is 2.25. The zero-order chi connectivity index (χ0) is 15.0.